The number of aryl methyl sites for hydroxylation is 1. The third-order valence-corrected chi connectivity index (χ3v) is 6.23. The SMILES string of the molecule is CCN1CC(C(c2cccc(C)c2)c2cccc(F)c2)n2ncc(=O)c(OC(=O)C(C)C)c2C1=O. The van der Waals surface area contributed by atoms with Crippen molar-refractivity contribution in [3.05, 3.63) is 93.2 Å². The summed E-state index contributed by atoms with van der Waals surface area (Å²) in [5.41, 5.74) is 1.94. The Labute approximate surface area is 203 Å². The summed E-state index contributed by atoms with van der Waals surface area (Å²) in [4.78, 5) is 40.1. The number of likely N-dealkylation sites (N-methyl/N-ethyl adjacent to an activating group) is 1. The molecule has 182 valence electrons. The number of rotatable bonds is 6. The van der Waals surface area contributed by atoms with Crippen LogP contribution in [0.4, 0.5) is 4.39 Å². The fraction of sp³-hybridized carbons (Fsp3) is 0.333. The van der Waals surface area contributed by atoms with Crippen LogP contribution in [0.1, 0.15) is 59.9 Å². The Hall–Kier alpha value is -3.81. The van der Waals surface area contributed by atoms with E-state index in [0.29, 0.717) is 12.1 Å². The number of halogens is 1. The molecular formula is C27H28FN3O4. The Morgan fingerprint density at radius 2 is 1.83 bits per heavy atom. The number of benzene rings is 2. The molecule has 1 aliphatic rings. The average molecular weight is 478 g/mol. The van der Waals surface area contributed by atoms with Gasteiger partial charge in [0.1, 0.15) is 5.82 Å². The predicted molar refractivity (Wildman–Crippen MR) is 129 cm³/mol. The van der Waals surface area contributed by atoms with Crippen molar-refractivity contribution in [3.63, 3.8) is 0 Å². The summed E-state index contributed by atoms with van der Waals surface area (Å²) >= 11 is 0. The van der Waals surface area contributed by atoms with E-state index in [1.54, 1.807) is 24.8 Å². The minimum absolute atomic E-state index is 0.0707. The highest BCUT2D eigenvalue weighted by Crippen LogP contribution is 2.40. The lowest BCUT2D eigenvalue weighted by molar-refractivity contribution is -0.137. The summed E-state index contributed by atoms with van der Waals surface area (Å²) in [6.07, 6.45) is 1.06. The molecule has 2 heterocycles. The molecule has 0 saturated heterocycles. The number of nitrogens with zero attached hydrogens (tertiary/aromatic N) is 3. The van der Waals surface area contributed by atoms with Crippen molar-refractivity contribution in [2.75, 3.05) is 13.1 Å². The second-order valence-corrected chi connectivity index (χ2v) is 9.06. The zero-order valence-corrected chi connectivity index (χ0v) is 20.2. The van der Waals surface area contributed by atoms with E-state index in [-0.39, 0.29) is 23.8 Å². The summed E-state index contributed by atoms with van der Waals surface area (Å²) in [6, 6.07) is 13.7. The van der Waals surface area contributed by atoms with Crippen LogP contribution in [0.15, 0.2) is 59.5 Å². The van der Waals surface area contributed by atoms with Crippen molar-refractivity contribution in [2.45, 2.75) is 39.7 Å². The number of carbonyl (C=O) groups excluding carboxylic acids is 2. The van der Waals surface area contributed by atoms with Gasteiger partial charge in [0.25, 0.3) is 5.91 Å². The van der Waals surface area contributed by atoms with Gasteiger partial charge in [-0.05, 0) is 37.1 Å². The van der Waals surface area contributed by atoms with Crippen LogP contribution < -0.4 is 10.2 Å². The molecule has 2 aromatic carbocycles. The van der Waals surface area contributed by atoms with E-state index in [0.717, 1.165) is 17.3 Å². The molecule has 1 aromatic heterocycles. The number of esters is 1. The molecule has 7 nitrogen and oxygen atoms in total. The summed E-state index contributed by atoms with van der Waals surface area (Å²) in [5.74, 6) is -2.65. The Morgan fingerprint density at radius 1 is 1.14 bits per heavy atom. The van der Waals surface area contributed by atoms with Crippen LogP contribution in [0.5, 0.6) is 5.75 Å². The molecule has 1 amide bonds. The number of fused-ring (bicyclic) bond motifs is 1. The fourth-order valence-electron chi connectivity index (χ4n) is 4.47. The van der Waals surface area contributed by atoms with Gasteiger partial charge in [-0.1, -0.05) is 55.8 Å². The summed E-state index contributed by atoms with van der Waals surface area (Å²) in [6.45, 7) is 7.76. The van der Waals surface area contributed by atoms with Crippen LogP contribution in [0.25, 0.3) is 0 Å². The van der Waals surface area contributed by atoms with Gasteiger partial charge in [-0.25, -0.2) is 4.39 Å². The van der Waals surface area contributed by atoms with Gasteiger partial charge in [0.05, 0.1) is 18.2 Å². The second kappa shape index (κ2) is 9.82. The van der Waals surface area contributed by atoms with Crippen LogP contribution in [-0.2, 0) is 4.79 Å². The molecule has 35 heavy (non-hydrogen) atoms. The zero-order valence-electron chi connectivity index (χ0n) is 20.2. The van der Waals surface area contributed by atoms with E-state index in [1.807, 2.05) is 44.2 Å². The minimum Gasteiger partial charge on any atom is -0.420 e. The third kappa shape index (κ3) is 4.73. The molecule has 0 saturated carbocycles. The summed E-state index contributed by atoms with van der Waals surface area (Å²) in [5, 5.41) is 4.32. The van der Waals surface area contributed by atoms with E-state index in [1.165, 1.54) is 16.8 Å². The van der Waals surface area contributed by atoms with Crippen molar-refractivity contribution < 1.29 is 18.7 Å². The molecule has 0 spiro atoms. The van der Waals surface area contributed by atoms with Crippen molar-refractivity contribution in [3.8, 4) is 5.75 Å². The molecule has 2 unspecified atom stereocenters. The van der Waals surface area contributed by atoms with E-state index in [4.69, 9.17) is 4.74 Å². The molecule has 0 bridgehead atoms. The second-order valence-electron chi connectivity index (χ2n) is 9.06. The molecule has 4 rings (SSSR count). The van der Waals surface area contributed by atoms with Gasteiger partial charge in [0, 0.05) is 19.0 Å². The summed E-state index contributed by atoms with van der Waals surface area (Å²) in [7, 11) is 0. The van der Waals surface area contributed by atoms with Gasteiger partial charge >= 0.3 is 5.97 Å². The molecule has 0 radical (unpaired) electrons. The first-order valence-electron chi connectivity index (χ1n) is 11.7. The van der Waals surface area contributed by atoms with Crippen molar-refractivity contribution in [2.24, 2.45) is 5.92 Å². The van der Waals surface area contributed by atoms with Gasteiger partial charge in [-0.15, -0.1) is 0 Å². The maximum Gasteiger partial charge on any atom is 0.313 e. The zero-order chi connectivity index (χ0) is 25.3. The van der Waals surface area contributed by atoms with Crippen molar-refractivity contribution >= 4 is 11.9 Å². The van der Waals surface area contributed by atoms with E-state index in [9.17, 15) is 18.8 Å². The lowest BCUT2D eigenvalue weighted by atomic mass is 9.83. The van der Waals surface area contributed by atoms with Gasteiger partial charge in [0.2, 0.25) is 11.2 Å². The molecule has 0 aliphatic carbocycles. The van der Waals surface area contributed by atoms with Gasteiger partial charge in [-0.3, -0.25) is 19.1 Å². The van der Waals surface area contributed by atoms with Gasteiger partial charge < -0.3 is 9.64 Å². The Morgan fingerprint density at radius 3 is 2.46 bits per heavy atom. The van der Waals surface area contributed by atoms with Crippen LogP contribution in [0.3, 0.4) is 0 Å². The molecule has 8 heteroatoms. The maximum atomic E-state index is 14.3. The number of hydrogen-bond acceptors (Lipinski definition) is 5. The maximum absolute atomic E-state index is 14.3. The van der Waals surface area contributed by atoms with E-state index < -0.39 is 35.2 Å². The highest BCUT2D eigenvalue weighted by molar-refractivity contribution is 5.96. The lowest BCUT2D eigenvalue weighted by Gasteiger charge is -2.39. The van der Waals surface area contributed by atoms with Crippen molar-refractivity contribution in [1.29, 1.82) is 0 Å². The first kappa shape index (κ1) is 24.3. The summed E-state index contributed by atoms with van der Waals surface area (Å²) < 4.78 is 21.2. The van der Waals surface area contributed by atoms with E-state index in [2.05, 4.69) is 5.10 Å². The third-order valence-electron chi connectivity index (χ3n) is 6.23. The van der Waals surface area contributed by atoms with Gasteiger partial charge in [0.15, 0.2) is 5.69 Å². The van der Waals surface area contributed by atoms with Crippen molar-refractivity contribution in [1.82, 2.24) is 14.7 Å². The standard InChI is InChI=1S/C27H28FN3O4/c1-5-30-15-21(23(18-9-6-8-17(4)12-18)19-10-7-11-20(28)13-19)31-24(26(30)33)25(22(32)14-29-31)35-27(34)16(2)3/h6-14,16,21,23H,5,15H2,1-4H3. The Bertz CT molecular complexity index is 1290. The molecule has 1 aliphatic heterocycles. The van der Waals surface area contributed by atoms with Crippen LogP contribution in [-0.4, -0.2) is 39.6 Å². The molecule has 0 N–H and O–H groups in total. The number of amides is 1. The molecule has 0 fully saturated rings. The first-order valence-corrected chi connectivity index (χ1v) is 11.7. The first-order chi connectivity index (χ1) is 16.7. The average Bonchev–Trinajstić information content (AvgIpc) is 2.82. The normalized spacial score (nSPS) is 16.2. The van der Waals surface area contributed by atoms with Crippen LogP contribution in [0, 0.1) is 18.7 Å². The molecular weight excluding hydrogens is 449 g/mol. The molecule has 3 aromatic rings. The highest BCUT2D eigenvalue weighted by atomic mass is 19.1. The highest BCUT2D eigenvalue weighted by Gasteiger charge is 2.40. The Kier molecular flexibility index (Phi) is 6.82. The predicted octanol–water partition coefficient (Wildman–Crippen LogP) is 4.10. The molecule has 2 atom stereocenters. The van der Waals surface area contributed by atoms with Gasteiger partial charge in [-0.2, -0.15) is 5.10 Å². The lowest BCUT2D eigenvalue weighted by Crippen LogP contribution is -2.47. The minimum atomic E-state index is -0.645. The number of carbonyl (C=O) groups is 2. The smallest absolute Gasteiger partial charge is 0.313 e. The number of hydrogen-bond donors (Lipinski definition) is 0. The quantitative estimate of drug-likeness (QED) is 0.500. The van der Waals surface area contributed by atoms with Crippen LogP contribution >= 0.6 is 0 Å². The topological polar surface area (TPSA) is 81.5 Å². The fourth-order valence-corrected chi connectivity index (χ4v) is 4.47. The van der Waals surface area contributed by atoms with E-state index >= 15 is 0 Å². The number of ether oxygens (including phenoxy) is 1. The number of aromatic nitrogens is 2. The largest absolute Gasteiger partial charge is 0.420 e. The van der Waals surface area contributed by atoms with Crippen LogP contribution in [0.2, 0.25) is 0 Å². The monoisotopic (exact) mass is 477 g/mol. The Balaban J connectivity index is 1.96.